The summed E-state index contributed by atoms with van der Waals surface area (Å²) in [6.45, 7) is 0.0793. The molecule has 22 heavy (non-hydrogen) atoms. The summed E-state index contributed by atoms with van der Waals surface area (Å²) in [5.41, 5.74) is 0.317. The molecule has 1 N–H and O–H groups in total. The second-order valence-corrected chi connectivity index (χ2v) is 7.12. The zero-order valence-electron chi connectivity index (χ0n) is 11.8. The number of hydrogen-bond acceptors (Lipinski definition) is 6. The van der Waals surface area contributed by atoms with Crippen LogP contribution < -0.4 is 10.2 Å². The third kappa shape index (κ3) is 3.07. The Morgan fingerprint density at radius 2 is 2.36 bits per heavy atom. The average molecular weight is 339 g/mol. The number of fused-ring (bicyclic) bond motifs is 1. The summed E-state index contributed by atoms with van der Waals surface area (Å²) in [7, 11) is 1.72. The molecule has 1 unspecified atom stereocenters. The lowest BCUT2D eigenvalue weighted by Crippen LogP contribution is -2.42. The Balaban J connectivity index is 1.67. The number of para-hydroxylation sites is 1. The number of hydrogen-bond donors (Lipinski definition) is 1. The van der Waals surface area contributed by atoms with Crippen LogP contribution in [0.15, 0.2) is 18.2 Å². The number of thioether (sulfide) groups is 1. The Bertz CT molecular complexity index is 734. The first kappa shape index (κ1) is 15.2. The van der Waals surface area contributed by atoms with Gasteiger partial charge in [-0.1, -0.05) is 29.2 Å². The molecule has 1 aromatic heterocycles. The van der Waals surface area contributed by atoms with Gasteiger partial charge in [-0.2, -0.15) is 0 Å². The number of carbonyl (C=O) groups excluding carboxylic acids is 2. The fraction of sp³-hybridized carbons (Fsp3) is 0.357. The summed E-state index contributed by atoms with van der Waals surface area (Å²) in [6.07, 6.45) is 0.672. The second kappa shape index (κ2) is 6.21. The van der Waals surface area contributed by atoms with Crippen LogP contribution in [0.25, 0.3) is 10.2 Å². The number of halogens is 1. The smallest absolute Gasteiger partial charge is 0.240 e. The predicted octanol–water partition coefficient (Wildman–Crippen LogP) is 2.02. The predicted molar refractivity (Wildman–Crippen MR) is 86.9 cm³/mol. The Kier molecular flexibility index (Phi) is 4.30. The molecule has 0 radical (unpaired) electrons. The maximum atomic E-state index is 13.6. The first-order valence-corrected chi connectivity index (χ1v) is 8.57. The van der Waals surface area contributed by atoms with Gasteiger partial charge in [0.15, 0.2) is 5.13 Å². The molecule has 2 aromatic rings. The minimum absolute atomic E-state index is 0.0121. The number of rotatable bonds is 4. The molecule has 1 fully saturated rings. The first-order valence-electron chi connectivity index (χ1n) is 6.77. The molecule has 1 saturated heterocycles. The van der Waals surface area contributed by atoms with E-state index < -0.39 is 6.04 Å². The molecule has 0 spiro atoms. The van der Waals surface area contributed by atoms with Gasteiger partial charge in [-0.05, 0) is 18.6 Å². The van der Waals surface area contributed by atoms with Crippen LogP contribution in [-0.4, -0.2) is 41.4 Å². The van der Waals surface area contributed by atoms with E-state index in [9.17, 15) is 14.0 Å². The third-order valence-corrected chi connectivity index (χ3v) is 5.48. The molecule has 8 heteroatoms. The van der Waals surface area contributed by atoms with Crippen LogP contribution in [0, 0.1) is 5.82 Å². The van der Waals surface area contributed by atoms with Crippen molar-refractivity contribution >= 4 is 49.5 Å². The quantitative estimate of drug-likeness (QED) is 0.923. The molecule has 0 saturated carbocycles. The van der Waals surface area contributed by atoms with Crippen molar-refractivity contribution < 1.29 is 14.0 Å². The van der Waals surface area contributed by atoms with Gasteiger partial charge in [0.2, 0.25) is 11.0 Å². The highest BCUT2D eigenvalue weighted by Gasteiger charge is 2.27. The summed E-state index contributed by atoms with van der Waals surface area (Å²) in [4.78, 5) is 29.4. The summed E-state index contributed by atoms with van der Waals surface area (Å²) in [5.74, 6) is 0.144. The highest BCUT2D eigenvalue weighted by molar-refractivity contribution is 8.14. The Morgan fingerprint density at radius 1 is 1.55 bits per heavy atom. The number of thiazole rings is 1. The number of amides is 1. The van der Waals surface area contributed by atoms with E-state index in [0.717, 1.165) is 10.5 Å². The van der Waals surface area contributed by atoms with E-state index in [1.807, 2.05) is 0 Å². The lowest BCUT2D eigenvalue weighted by atomic mass is 10.2. The number of likely N-dealkylation sites (N-methyl/N-ethyl adjacent to an activating group) is 1. The maximum Gasteiger partial charge on any atom is 0.240 e. The Morgan fingerprint density at radius 3 is 3.05 bits per heavy atom. The van der Waals surface area contributed by atoms with Crippen molar-refractivity contribution in [1.29, 1.82) is 0 Å². The van der Waals surface area contributed by atoms with E-state index in [-0.39, 0.29) is 23.4 Å². The topological polar surface area (TPSA) is 62.3 Å². The Labute approximate surface area is 134 Å². The largest absolute Gasteiger partial charge is 0.344 e. The number of benzene rings is 1. The van der Waals surface area contributed by atoms with E-state index in [2.05, 4.69) is 10.3 Å². The normalized spacial score (nSPS) is 17.9. The van der Waals surface area contributed by atoms with E-state index in [4.69, 9.17) is 0 Å². The van der Waals surface area contributed by atoms with Gasteiger partial charge >= 0.3 is 0 Å². The van der Waals surface area contributed by atoms with Crippen LogP contribution in [0.5, 0.6) is 0 Å². The Hall–Kier alpha value is -1.67. The summed E-state index contributed by atoms with van der Waals surface area (Å²) in [6, 6.07) is 4.40. The molecule has 5 nitrogen and oxygen atoms in total. The molecule has 3 rings (SSSR count). The van der Waals surface area contributed by atoms with E-state index in [0.29, 0.717) is 17.1 Å². The number of nitrogens with zero attached hydrogens (tertiary/aromatic N) is 2. The zero-order valence-corrected chi connectivity index (χ0v) is 13.5. The molecular formula is C14H14FN3O2S2. The van der Waals surface area contributed by atoms with Gasteiger partial charge in [0.25, 0.3) is 0 Å². The van der Waals surface area contributed by atoms with Gasteiger partial charge in [0, 0.05) is 12.8 Å². The van der Waals surface area contributed by atoms with Crippen molar-refractivity contribution in [2.75, 3.05) is 24.2 Å². The molecule has 1 atom stereocenters. The number of nitrogens with one attached hydrogen (secondary N) is 1. The van der Waals surface area contributed by atoms with Gasteiger partial charge < -0.3 is 10.2 Å². The van der Waals surface area contributed by atoms with Crippen molar-refractivity contribution in [2.24, 2.45) is 0 Å². The second-order valence-electron chi connectivity index (χ2n) is 5.02. The number of anilines is 1. The van der Waals surface area contributed by atoms with Gasteiger partial charge in [-0.3, -0.25) is 9.59 Å². The molecule has 1 aromatic carbocycles. The van der Waals surface area contributed by atoms with Crippen molar-refractivity contribution in [3.05, 3.63) is 24.0 Å². The molecule has 1 amide bonds. The number of aromatic nitrogens is 1. The molecule has 2 heterocycles. The van der Waals surface area contributed by atoms with Gasteiger partial charge in [0.1, 0.15) is 11.3 Å². The van der Waals surface area contributed by atoms with Crippen LogP contribution >= 0.6 is 23.1 Å². The molecule has 116 valence electrons. The van der Waals surface area contributed by atoms with Crippen LogP contribution in [-0.2, 0) is 9.59 Å². The SMILES string of the molecule is CN(CC(=O)NC1CCSC1=O)c1nc2c(F)cccc2s1. The molecule has 1 aliphatic rings. The minimum Gasteiger partial charge on any atom is -0.344 e. The van der Waals surface area contributed by atoms with E-state index in [1.54, 1.807) is 24.1 Å². The van der Waals surface area contributed by atoms with Crippen molar-refractivity contribution in [3.63, 3.8) is 0 Å². The van der Waals surface area contributed by atoms with E-state index >= 15 is 0 Å². The van der Waals surface area contributed by atoms with Gasteiger partial charge in [-0.15, -0.1) is 0 Å². The zero-order chi connectivity index (χ0) is 15.7. The summed E-state index contributed by atoms with van der Waals surface area (Å²) in [5, 5.41) is 3.31. The highest BCUT2D eigenvalue weighted by atomic mass is 32.2. The monoisotopic (exact) mass is 339 g/mol. The fourth-order valence-corrected chi connectivity index (χ4v) is 4.09. The van der Waals surface area contributed by atoms with Crippen LogP contribution in [0.2, 0.25) is 0 Å². The van der Waals surface area contributed by atoms with E-state index in [1.165, 1.54) is 29.2 Å². The van der Waals surface area contributed by atoms with Crippen molar-refractivity contribution in [1.82, 2.24) is 10.3 Å². The van der Waals surface area contributed by atoms with Crippen LogP contribution in [0.1, 0.15) is 6.42 Å². The summed E-state index contributed by atoms with van der Waals surface area (Å²) < 4.78 is 14.4. The number of carbonyl (C=O) groups is 2. The maximum absolute atomic E-state index is 13.6. The fourth-order valence-electron chi connectivity index (χ4n) is 2.22. The lowest BCUT2D eigenvalue weighted by molar-refractivity contribution is -0.123. The highest BCUT2D eigenvalue weighted by Crippen LogP contribution is 2.29. The third-order valence-electron chi connectivity index (χ3n) is 3.34. The summed E-state index contributed by atoms with van der Waals surface area (Å²) >= 11 is 2.58. The van der Waals surface area contributed by atoms with Gasteiger partial charge in [0.05, 0.1) is 17.3 Å². The minimum atomic E-state index is -0.390. The molecule has 1 aliphatic heterocycles. The van der Waals surface area contributed by atoms with Crippen molar-refractivity contribution in [2.45, 2.75) is 12.5 Å². The average Bonchev–Trinajstić information content (AvgIpc) is 3.07. The molecule has 0 aliphatic carbocycles. The lowest BCUT2D eigenvalue weighted by Gasteiger charge is -2.16. The van der Waals surface area contributed by atoms with Gasteiger partial charge in [-0.25, -0.2) is 9.37 Å². The standard InChI is InChI=1S/C14H14FN3O2S2/c1-18(7-11(19)16-9-5-6-21-13(9)20)14-17-12-8(15)3-2-4-10(12)22-14/h2-4,9H,5-7H2,1H3,(H,16,19). The van der Waals surface area contributed by atoms with Crippen molar-refractivity contribution in [3.8, 4) is 0 Å². The molecule has 0 bridgehead atoms. The first-order chi connectivity index (χ1) is 10.5. The van der Waals surface area contributed by atoms with Crippen LogP contribution in [0.4, 0.5) is 9.52 Å². The van der Waals surface area contributed by atoms with Crippen LogP contribution in [0.3, 0.4) is 0 Å². The molecular weight excluding hydrogens is 325 g/mol.